The highest BCUT2D eigenvalue weighted by Crippen LogP contribution is 2.34. The van der Waals surface area contributed by atoms with Crippen molar-refractivity contribution in [3.05, 3.63) is 43.0 Å². The third-order valence-electron chi connectivity index (χ3n) is 4.33. The van der Waals surface area contributed by atoms with Crippen molar-refractivity contribution in [2.75, 3.05) is 13.7 Å². The first-order valence-electron chi connectivity index (χ1n) is 9.16. The summed E-state index contributed by atoms with van der Waals surface area (Å²) in [5, 5.41) is 18.1. The van der Waals surface area contributed by atoms with Gasteiger partial charge in [-0.25, -0.2) is 0 Å². The van der Waals surface area contributed by atoms with Crippen LogP contribution in [0.15, 0.2) is 43.0 Å². The smallest absolute Gasteiger partial charge is 0.167 e. The maximum absolute atomic E-state index is 9.85. The second-order valence-corrected chi connectivity index (χ2v) is 13.4. The van der Waals surface area contributed by atoms with E-state index in [0.717, 1.165) is 29.3 Å². The standard InChI is InChI=1S/C20H26N4O3Si/c1-26-19-6-5-17(25)10-18(19)15-9-16(12-21-11-15)20-23-22-13-24(20)14-27-7-8-28(2,3)4/h5-6,9-13,25H,7-8,14H2,1-4H3. The SMILES string of the molecule is COc1ccc(O)cc1-c1cncc(-c2nncn2COCC[Si](C)(C)C)c1. The molecule has 0 fully saturated rings. The zero-order chi connectivity index (χ0) is 20.1. The number of rotatable bonds is 8. The van der Waals surface area contributed by atoms with E-state index in [1.807, 2.05) is 10.6 Å². The fraction of sp³-hybridized carbons (Fsp3) is 0.350. The number of methoxy groups -OCH3 is 1. The summed E-state index contributed by atoms with van der Waals surface area (Å²) >= 11 is 0. The van der Waals surface area contributed by atoms with Crippen molar-refractivity contribution in [3.8, 4) is 34.0 Å². The molecule has 0 bridgehead atoms. The number of ether oxygens (including phenoxy) is 2. The quantitative estimate of drug-likeness (QED) is 0.456. The van der Waals surface area contributed by atoms with Gasteiger partial charge in [-0.1, -0.05) is 19.6 Å². The summed E-state index contributed by atoms with van der Waals surface area (Å²) in [7, 11) is 0.475. The number of benzene rings is 1. The molecule has 2 aromatic heterocycles. The van der Waals surface area contributed by atoms with Crippen molar-refractivity contribution in [1.82, 2.24) is 19.7 Å². The molecule has 148 valence electrons. The van der Waals surface area contributed by atoms with Crippen molar-refractivity contribution >= 4 is 8.07 Å². The average molecular weight is 399 g/mol. The Hall–Kier alpha value is -2.71. The van der Waals surface area contributed by atoms with Gasteiger partial charge in [0.25, 0.3) is 0 Å². The van der Waals surface area contributed by atoms with Gasteiger partial charge in [0.05, 0.1) is 7.11 Å². The first kappa shape index (κ1) is 20.0. The topological polar surface area (TPSA) is 82.3 Å². The van der Waals surface area contributed by atoms with Crippen molar-refractivity contribution < 1.29 is 14.6 Å². The summed E-state index contributed by atoms with van der Waals surface area (Å²) in [4.78, 5) is 4.34. The number of phenols is 1. The molecule has 3 aromatic rings. The maximum Gasteiger partial charge on any atom is 0.167 e. The predicted octanol–water partition coefficient (Wildman–Crippen LogP) is 4.03. The summed E-state index contributed by atoms with van der Waals surface area (Å²) in [6.07, 6.45) is 5.12. The Bertz CT molecular complexity index is 937. The molecule has 0 aliphatic heterocycles. The van der Waals surface area contributed by atoms with Crippen LogP contribution in [-0.4, -0.2) is 46.6 Å². The molecule has 0 radical (unpaired) electrons. The Labute approximate surface area is 166 Å². The van der Waals surface area contributed by atoms with Crippen LogP contribution in [0.3, 0.4) is 0 Å². The van der Waals surface area contributed by atoms with Gasteiger partial charge in [0, 0.05) is 43.8 Å². The molecule has 8 heteroatoms. The molecular weight excluding hydrogens is 372 g/mol. The number of nitrogens with zero attached hydrogens (tertiary/aromatic N) is 4. The lowest BCUT2D eigenvalue weighted by Crippen LogP contribution is -2.22. The van der Waals surface area contributed by atoms with Crippen molar-refractivity contribution in [1.29, 1.82) is 0 Å². The predicted molar refractivity (Wildman–Crippen MR) is 111 cm³/mol. The molecular formula is C20H26N4O3Si. The summed E-state index contributed by atoms with van der Waals surface area (Å²) in [6, 6.07) is 8.04. The van der Waals surface area contributed by atoms with Crippen LogP contribution in [0.2, 0.25) is 25.7 Å². The van der Waals surface area contributed by atoms with E-state index in [4.69, 9.17) is 9.47 Å². The van der Waals surface area contributed by atoms with Gasteiger partial charge in [0.15, 0.2) is 5.82 Å². The van der Waals surface area contributed by atoms with E-state index in [-0.39, 0.29) is 5.75 Å². The lowest BCUT2D eigenvalue weighted by Gasteiger charge is -2.16. The fourth-order valence-corrected chi connectivity index (χ4v) is 3.50. The number of hydrogen-bond acceptors (Lipinski definition) is 6. The van der Waals surface area contributed by atoms with Crippen LogP contribution in [-0.2, 0) is 11.5 Å². The van der Waals surface area contributed by atoms with E-state index in [0.29, 0.717) is 18.3 Å². The second kappa shape index (κ2) is 8.53. The molecule has 7 nitrogen and oxygen atoms in total. The monoisotopic (exact) mass is 398 g/mol. The summed E-state index contributed by atoms with van der Waals surface area (Å²) in [5.74, 6) is 1.51. The van der Waals surface area contributed by atoms with Gasteiger partial charge < -0.3 is 14.6 Å². The van der Waals surface area contributed by atoms with Gasteiger partial charge in [-0.3, -0.25) is 9.55 Å². The number of pyridine rings is 1. The highest BCUT2D eigenvalue weighted by Gasteiger charge is 2.14. The number of phenolic OH excluding ortho intramolecular Hbond substituents is 1. The Balaban J connectivity index is 1.82. The highest BCUT2D eigenvalue weighted by atomic mass is 28.3. The molecule has 0 aliphatic rings. The van der Waals surface area contributed by atoms with E-state index in [9.17, 15) is 5.11 Å². The van der Waals surface area contributed by atoms with Crippen LogP contribution >= 0.6 is 0 Å². The van der Waals surface area contributed by atoms with Gasteiger partial charge in [0.2, 0.25) is 0 Å². The summed E-state index contributed by atoms with van der Waals surface area (Å²) in [6.45, 7) is 8.10. The molecule has 0 aliphatic carbocycles. The van der Waals surface area contributed by atoms with E-state index in [2.05, 4.69) is 34.8 Å². The highest BCUT2D eigenvalue weighted by molar-refractivity contribution is 6.76. The van der Waals surface area contributed by atoms with Crippen LogP contribution in [0.4, 0.5) is 0 Å². The molecule has 0 spiro atoms. The minimum absolute atomic E-state index is 0.167. The molecule has 0 atom stereocenters. The van der Waals surface area contributed by atoms with Crippen molar-refractivity contribution in [2.24, 2.45) is 0 Å². The summed E-state index contributed by atoms with van der Waals surface area (Å²) in [5.41, 5.74) is 2.39. The molecule has 0 unspecified atom stereocenters. The normalized spacial score (nSPS) is 11.6. The summed E-state index contributed by atoms with van der Waals surface area (Å²) < 4.78 is 13.1. The first-order chi connectivity index (χ1) is 13.4. The van der Waals surface area contributed by atoms with Crippen molar-refractivity contribution in [2.45, 2.75) is 32.4 Å². The maximum atomic E-state index is 9.85. The first-order valence-corrected chi connectivity index (χ1v) is 12.9. The number of aromatic nitrogens is 4. The molecule has 1 aromatic carbocycles. The van der Waals surface area contributed by atoms with Crippen LogP contribution in [0.1, 0.15) is 0 Å². The largest absolute Gasteiger partial charge is 0.508 e. The second-order valence-electron chi connectivity index (χ2n) is 7.82. The molecule has 1 N–H and O–H groups in total. The van der Waals surface area contributed by atoms with Gasteiger partial charge >= 0.3 is 0 Å². The lowest BCUT2D eigenvalue weighted by molar-refractivity contribution is 0.0880. The van der Waals surface area contributed by atoms with Crippen LogP contribution in [0.25, 0.3) is 22.5 Å². The Morgan fingerprint density at radius 1 is 1.11 bits per heavy atom. The van der Waals surface area contributed by atoms with Gasteiger partial charge in [-0.2, -0.15) is 0 Å². The van der Waals surface area contributed by atoms with Gasteiger partial charge in [0.1, 0.15) is 24.6 Å². The van der Waals surface area contributed by atoms with Crippen LogP contribution in [0.5, 0.6) is 11.5 Å². The van der Waals surface area contributed by atoms with Crippen molar-refractivity contribution in [3.63, 3.8) is 0 Å². The Morgan fingerprint density at radius 3 is 2.64 bits per heavy atom. The van der Waals surface area contributed by atoms with E-state index < -0.39 is 8.07 Å². The van der Waals surface area contributed by atoms with Gasteiger partial charge in [-0.15, -0.1) is 10.2 Å². The zero-order valence-electron chi connectivity index (χ0n) is 16.7. The third-order valence-corrected chi connectivity index (χ3v) is 6.04. The average Bonchev–Trinajstić information content (AvgIpc) is 3.13. The lowest BCUT2D eigenvalue weighted by atomic mass is 10.0. The van der Waals surface area contributed by atoms with E-state index in [1.165, 1.54) is 0 Å². The van der Waals surface area contributed by atoms with Crippen LogP contribution in [0, 0.1) is 0 Å². The molecule has 0 saturated carbocycles. The van der Waals surface area contributed by atoms with Gasteiger partial charge in [-0.05, 0) is 30.3 Å². The third kappa shape index (κ3) is 4.96. The molecule has 0 saturated heterocycles. The molecule has 2 heterocycles. The Morgan fingerprint density at radius 2 is 1.89 bits per heavy atom. The molecule has 28 heavy (non-hydrogen) atoms. The van der Waals surface area contributed by atoms with E-state index >= 15 is 0 Å². The fourth-order valence-electron chi connectivity index (χ4n) is 2.75. The minimum atomic E-state index is -1.12. The zero-order valence-corrected chi connectivity index (χ0v) is 17.7. The Kier molecular flexibility index (Phi) is 6.10. The van der Waals surface area contributed by atoms with E-state index in [1.54, 1.807) is 44.0 Å². The van der Waals surface area contributed by atoms with Crippen LogP contribution < -0.4 is 4.74 Å². The minimum Gasteiger partial charge on any atom is -0.508 e. The molecule has 0 amide bonds. The number of hydrogen-bond donors (Lipinski definition) is 1. The number of aromatic hydroxyl groups is 1. The molecule has 3 rings (SSSR count).